The van der Waals surface area contributed by atoms with Gasteiger partial charge in [-0.05, 0) is 74.1 Å². The van der Waals surface area contributed by atoms with E-state index >= 15 is 0 Å². The molecule has 0 bridgehead atoms. The molecule has 208 valence electrons. The number of benzene rings is 3. The summed E-state index contributed by atoms with van der Waals surface area (Å²) in [6.07, 6.45) is 7.16. The summed E-state index contributed by atoms with van der Waals surface area (Å²) < 4.78 is 2.22. The van der Waals surface area contributed by atoms with Crippen LogP contribution in [0.2, 0.25) is 0 Å². The number of likely N-dealkylation sites (tertiary alicyclic amines) is 1. The lowest BCUT2D eigenvalue weighted by Crippen LogP contribution is -2.43. The lowest BCUT2D eigenvalue weighted by Gasteiger charge is -2.38. The zero-order valence-corrected chi connectivity index (χ0v) is 23.4. The Morgan fingerprint density at radius 2 is 1.57 bits per heavy atom. The highest BCUT2D eigenvalue weighted by atomic mass is 16.2. The van der Waals surface area contributed by atoms with Crippen LogP contribution in [0.15, 0.2) is 91.1 Å². The van der Waals surface area contributed by atoms with Gasteiger partial charge in [0.25, 0.3) is 5.91 Å². The molecular weight excluding hydrogens is 520 g/mol. The van der Waals surface area contributed by atoms with Crippen LogP contribution in [0.4, 0.5) is 11.5 Å². The van der Waals surface area contributed by atoms with Crippen molar-refractivity contribution in [3.8, 4) is 39.6 Å². The largest absolute Gasteiger partial charge is 0.339 e. The second-order valence-electron chi connectivity index (χ2n) is 11.7. The molecule has 3 N–H and O–H groups in total. The van der Waals surface area contributed by atoms with Gasteiger partial charge in [0.2, 0.25) is 0 Å². The van der Waals surface area contributed by atoms with Crippen LogP contribution in [0.1, 0.15) is 48.0 Å². The average molecular weight is 553 g/mol. The minimum Gasteiger partial charge on any atom is -0.339 e. The lowest BCUT2D eigenvalue weighted by atomic mass is 9.72. The van der Waals surface area contributed by atoms with E-state index in [0.29, 0.717) is 5.56 Å². The summed E-state index contributed by atoms with van der Waals surface area (Å²) in [6, 6.07) is 28.9. The minimum absolute atomic E-state index is 0.0993. The minimum atomic E-state index is -0.229. The summed E-state index contributed by atoms with van der Waals surface area (Å²) in [6.45, 7) is 1.67. The Labute approximate surface area is 245 Å². The molecule has 2 fully saturated rings. The topological polar surface area (TPSA) is 89.1 Å². The number of hydrogen-bond donors (Lipinski definition) is 2. The third-order valence-corrected chi connectivity index (χ3v) is 9.10. The van der Waals surface area contributed by atoms with Gasteiger partial charge in [-0.15, -0.1) is 0 Å². The number of imidazole rings is 1. The first-order valence-corrected chi connectivity index (χ1v) is 14.8. The molecule has 8 rings (SSSR count). The average Bonchev–Trinajstić information content (AvgIpc) is 3.67. The number of nitrogens with zero attached hydrogens (tertiary/aromatic N) is 4. The predicted molar refractivity (Wildman–Crippen MR) is 166 cm³/mol. The van der Waals surface area contributed by atoms with Crippen molar-refractivity contribution < 1.29 is 4.79 Å². The number of hydrogen-bond acceptors (Lipinski definition) is 5. The van der Waals surface area contributed by atoms with E-state index in [2.05, 4.69) is 52.3 Å². The van der Waals surface area contributed by atoms with Crippen molar-refractivity contribution in [1.29, 1.82) is 0 Å². The number of rotatable bonds is 4. The Bertz CT molecular complexity index is 1810. The zero-order valence-electron chi connectivity index (χ0n) is 23.4. The Hall–Kier alpha value is -4.75. The Balaban J connectivity index is 1.33. The van der Waals surface area contributed by atoms with E-state index in [9.17, 15) is 4.79 Å². The number of para-hydroxylation sites is 1. The number of amides is 1. The molecule has 0 radical (unpaired) electrons. The quantitative estimate of drug-likeness (QED) is 0.248. The second-order valence-corrected chi connectivity index (χ2v) is 11.7. The van der Waals surface area contributed by atoms with E-state index in [1.54, 1.807) is 6.20 Å². The van der Waals surface area contributed by atoms with Crippen molar-refractivity contribution in [2.24, 2.45) is 5.73 Å². The normalized spacial score (nSPS) is 16.5. The smallest absolute Gasteiger partial charge is 0.253 e. The molecule has 0 atom stereocenters. The Kier molecular flexibility index (Phi) is 5.76. The van der Waals surface area contributed by atoms with Crippen LogP contribution in [0, 0.1) is 0 Å². The molecule has 0 unspecified atom stereocenters. The van der Waals surface area contributed by atoms with Crippen LogP contribution in [0.3, 0.4) is 0 Å². The molecule has 2 aliphatic heterocycles. The number of anilines is 2. The molecule has 0 spiro atoms. The number of aromatic nitrogens is 3. The van der Waals surface area contributed by atoms with Crippen molar-refractivity contribution >= 4 is 17.4 Å². The summed E-state index contributed by atoms with van der Waals surface area (Å²) >= 11 is 0. The van der Waals surface area contributed by atoms with E-state index in [1.165, 1.54) is 12.0 Å². The number of pyridine rings is 1. The second kappa shape index (κ2) is 9.67. The van der Waals surface area contributed by atoms with Gasteiger partial charge in [0.15, 0.2) is 5.82 Å². The van der Waals surface area contributed by atoms with Gasteiger partial charge in [0.05, 0.1) is 22.8 Å². The van der Waals surface area contributed by atoms with Gasteiger partial charge in [0, 0.05) is 47.1 Å². The van der Waals surface area contributed by atoms with E-state index in [1.807, 2.05) is 47.4 Å². The number of carbonyl (C=O) groups is 1. The molecule has 42 heavy (non-hydrogen) atoms. The monoisotopic (exact) mass is 552 g/mol. The Morgan fingerprint density at radius 3 is 2.31 bits per heavy atom. The highest BCUT2D eigenvalue weighted by Gasteiger charge is 2.34. The molecule has 3 aliphatic rings. The summed E-state index contributed by atoms with van der Waals surface area (Å²) in [5, 5.41) is 3.53. The van der Waals surface area contributed by atoms with Crippen molar-refractivity contribution in [2.45, 2.75) is 37.6 Å². The number of nitrogens with two attached hydrogens (primary N) is 1. The maximum Gasteiger partial charge on any atom is 0.253 e. The first-order chi connectivity index (χ1) is 20.6. The fourth-order valence-electron chi connectivity index (χ4n) is 6.57. The zero-order chi connectivity index (χ0) is 28.3. The number of nitrogens with one attached hydrogen (secondary N) is 1. The van der Waals surface area contributed by atoms with Gasteiger partial charge in [-0.25, -0.2) is 9.97 Å². The summed E-state index contributed by atoms with van der Waals surface area (Å²) in [4.78, 5) is 25.1. The molecule has 2 aromatic heterocycles. The van der Waals surface area contributed by atoms with Crippen LogP contribution < -0.4 is 11.1 Å². The van der Waals surface area contributed by atoms with E-state index in [4.69, 9.17) is 15.7 Å². The molecule has 4 heterocycles. The molecular formula is C35H32N6O. The van der Waals surface area contributed by atoms with E-state index < -0.39 is 0 Å². The van der Waals surface area contributed by atoms with Crippen molar-refractivity contribution in [1.82, 2.24) is 19.4 Å². The maximum atomic E-state index is 13.1. The molecule has 1 saturated carbocycles. The number of carbonyl (C=O) groups excluding carboxylic acids is 1. The Morgan fingerprint density at radius 1 is 0.833 bits per heavy atom. The lowest BCUT2D eigenvalue weighted by molar-refractivity contribution is 0.0793. The van der Waals surface area contributed by atoms with Gasteiger partial charge in [-0.1, -0.05) is 48.5 Å². The van der Waals surface area contributed by atoms with Crippen LogP contribution in [-0.2, 0) is 5.54 Å². The standard InChI is InChI=1S/C35H32N6O/c36-35(18-6-19-35)26-16-14-24(15-17-26)31-30(23-10-12-25(13-11-23)34(42)40-21-3-4-22-40)39-33-27-7-1-2-8-28(27)38-32-29(41(31)33)9-5-20-37-32/h1-2,5,7-17,20H,3-4,6,18-19,21-22,36H2,(H,37,38). The maximum absolute atomic E-state index is 13.1. The van der Waals surface area contributed by atoms with Crippen LogP contribution in [0.25, 0.3) is 39.6 Å². The highest BCUT2D eigenvalue weighted by molar-refractivity contribution is 5.96. The van der Waals surface area contributed by atoms with Gasteiger partial charge in [-0.2, -0.15) is 0 Å². The molecule has 7 nitrogen and oxygen atoms in total. The highest BCUT2D eigenvalue weighted by Crippen LogP contribution is 2.45. The predicted octanol–water partition coefficient (Wildman–Crippen LogP) is 6.90. The van der Waals surface area contributed by atoms with Gasteiger partial charge in [-0.3, -0.25) is 9.36 Å². The van der Waals surface area contributed by atoms with Crippen LogP contribution in [0.5, 0.6) is 0 Å². The third kappa shape index (κ3) is 3.96. The summed E-state index contributed by atoms with van der Waals surface area (Å²) in [5.41, 5.74) is 15.0. The fourth-order valence-corrected chi connectivity index (χ4v) is 6.57. The first kappa shape index (κ1) is 25.0. The van der Waals surface area contributed by atoms with Crippen LogP contribution in [-0.4, -0.2) is 38.4 Å². The van der Waals surface area contributed by atoms with E-state index in [-0.39, 0.29) is 11.4 Å². The SMILES string of the molecule is NC1(c2ccc(-c3c(-c4ccc(C(=O)N5CCCC5)cc4)nc4n3-c3cccnc3Nc3ccccc3-4)cc2)CCC1. The van der Waals surface area contributed by atoms with Crippen molar-refractivity contribution in [2.75, 3.05) is 18.4 Å². The van der Waals surface area contributed by atoms with Gasteiger partial charge in [0.1, 0.15) is 5.82 Å². The van der Waals surface area contributed by atoms with Crippen molar-refractivity contribution in [3.63, 3.8) is 0 Å². The van der Waals surface area contributed by atoms with Gasteiger partial charge >= 0.3 is 0 Å². The molecule has 1 aliphatic carbocycles. The number of fused-ring (bicyclic) bond motifs is 5. The van der Waals surface area contributed by atoms with E-state index in [0.717, 1.165) is 89.9 Å². The summed E-state index contributed by atoms with van der Waals surface area (Å²) in [7, 11) is 0. The first-order valence-electron chi connectivity index (χ1n) is 14.8. The molecule has 1 amide bonds. The third-order valence-electron chi connectivity index (χ3n) is 9.10. The fraction of sp³-hybridized carbons (Fsp3) is 0.229. The molecule has 1 saturated heterocycles. The molecule has 5 aromatic rings. The molecule has 3 aromatic carbocycles. The van der Waals surface area contributed by atoms with Crippen molar-refractivity contribution in [3.05, 3.63) is 102 Å². The molecule has 7 heteroatoms. The van der Waals surface area contributed by atoms with Gasteiger partial charge < -0.3 is 16.0 Å². The van der Waals surface area contributed by atoms with Crippen LogP contribution >= 0.6 is 0 Å². The summed E-state index contributed by atoms with van der Waals surface area (Å²) in [5.74, 6) is 1.71.